The van der Waals surface area contributed by atoms with Crippen LogP contribution in [0.3, 0.4) is 0 Å². The van der Waals surface area contributed by atoms with Gasteiger partial charge in [0.1, 0.15) is 18.1 Å². The molecule has 0 aromatic heterocycles. The molecule has 0 atom stereocenters. The summed E-state index contributed by atoms with van der Waals surface area (Å²) < 4.78 is 21.4. The van der Waals surface area contributed by atoms with E-state index in [1.807, 2.05) is 48.5 Å². The van der Waals surface area contributed by atoms with E-state index in [-0.39, 0.29) is 12.8 Å². The van der Waals surface area contributed by atoms with Crippen LogP contribution in [0.4, 0.5) is 0 Å². The molecule has 0 saturated carbocycles. The van der Waals surface area contributed by atoms with Crippen molar-refractivity contribution in [1.29, 1.82) is 0 Å². The fourth-order valence-corrected chi connectivity index (χ4v) is 2.30. The zero-order valence-electron chi connectivity index (χ0n) is 14.7. The first kappa shape index (κ1) is 18.8. The standard InChI is InChI=1S/C20H24O5/c1-3-23-20(21)12-10-17-9-11-18(25-15-22-2)13-19(17)24-14-16-7-5-4-6-8-16/h4-9,11,13H,3,10,12,14-15H2,1-2H3. The van der Waals surface area contributed by atoms with E-state index in [9.17, 15) is 4.79 Å². The molecule has 0 radical (unpaired) electrons. The van der Waals surface area contributed by atoms with E-state index in [0.717, 1.165) is 11.1 Å². The van der Waals surface area contributed by atoms with Crippen molar-refractivity contribution in [3.05, 3.63) is 59.7 Å². The number of carbonyl (C=O) groups is 1. The van der Waals surface area contributed by atoms with Gasteiger partial charge >= 0.3 is 5.97 Å². The fourth-order valence-electron chi connectivity index (χ4n) is 2.30. The average molecular weight is 344 g/mol. The summed E-state index contributed by atoms with van der Waals surface area (Å²) in [6, 6.07) is 15.5. The Balaban J connectivity index is 2.08. The molecule has 0 heterocycles. The maximum Gasteiger partial charge on any atom is 0.306 e. The predicted octanol–water partition coefficient (Wildman–Crippen LogP) is 3.74. The second-order valence-corrected chi connectivity index (χ2v) is 5.40. The van der Waals surface area contributed by atoms with Crippen molar-refractivity contribution in [1.82, 2.24) is 0 Å². The first-order valence-electron chi connectivity index (χ1n) is 8.30. The van der Waals surface area contributed by atoms with Crippen LogP contribution >= 0.6 is 0 Å². The van der Waals surface area contributed by atoms with Crippen molar-refractivity contribution in [3.8, 4) is 11.5 Å². The minimum absolute atomic E-state index is 0.167. The van der Waals surface area contributed by atoms with Gasteiger partial charge in [0.25, 0.3) is 0 Å². The number of benzene rings is 2. The largest absolute Gasteiger partial charge is 0.488 e. The Bertz CT molecular complexity index is 654. The second kappa shape index (κ2) is 10.4. The molecular weight excluding hydrogens is 320 g/mol. The lowest BCUT2D eigenvalue weighted by Crippen LogP contribution is -2.07. The van der Waals surface area contributed by atoms with E-state index in [1.165, 1.54) is 0 Å². The smallest absolute Gasteiger partial charge is 0.306 e. The van der Waals surface area contributed by atoms with E-state index in [2.05, 4.69) is 0 Å². The zero-order valence-corrected chi connectivity index (χ0v) is 14.7. The van der Waals surface area contributed by atoms with Gasteiger partial charge in [0.2, 0.25) is 0 Å². The number of aryl methyl sites for hydroxylation is 1. The molecule has 0 aliphatic rings. The molecule has 2 aromatic carbocycles. The van der Waals surface area contributed by atoms with Gasteiger partial charge in [-0.3, -0.25) is 4.79 Å². The number of ether oxygens (including phenoxy) is 4. The molecule has 2 rings (SSSR count). The van der Waals surface area contributed by atoms with Crippen molar-refractivity contribution < 1.29 is 23.7 Å². The summed E-state index contributed by atoms with van der Waals surface area (Å²) >= 11 is 0. The third-order valence-corrected chi connectivity index (χ3v) is 3.52. The topological polar surface area (TPSA) is 54.0 Å². The third-order valence-electron chi connectivity index (χ3n) is 3.52. The van der Waals surface area contributed by atoms with Gasteiger partial charge in [-0.2, -0.15) is 0 Å². The summed E-state index contributed by atoms with van der Waals surface area (Å²) in [6.07, 6.45) is 0.862. The number of esters is 1. The van der Waals surface area contributed by atoms with E-state index in [0.29, 0.717) is 37.6 Å². The van der Waals surface area contributed by atoms with Gasteiger partial charge in [-0.25, -0.2) is 0 Å². The van der Waals surface area contributed by atoms with Gasteiger partial charge < -0.3 is 18.9 Å². The molecule has 0 amide bonds. The van der Waals surface area contributed by atoms with Crippen molar-refractivity contribution in [3.63, 3.8) is 0 Å². The molecule has 134 valence electrons. The van der Waals surface area contributed by atoms with Crippen LogP contribution in [0, 0.1) is 0 Å². The molecule has 0 saturated heterocycles. The van der Waals surface area contributed by atoms with Crippen LogP contribution in [-0.4, -0.2) is 26.5 Å². The number of rotatable bonds is 10. The highest BCUT2D eigenvalue weighted by Gasteiger charge is 2.10. The van der Waals surface area contributed by atoms with Crippen molar-refractivity contribution >= 4 is 5.97 Å². The highest BCUT2D eigenvalue weighted by atomic mass is 16.7. The van der Waals surface area contributed by atoms with Crippen LogP contribution in [-0.2, 0) is 27.3 Å². The monoisotopic (exact) mass is 344 g/mol. The van der Waals surface area contributed by atoms with E-state index < -0.39 is 0 Å². The summed E-state index contributed by atoms with van der Waals surface area (Å²) in [7, 11) is 1.57. The van der Waals surface area contributed by atoms with Crippen LogP contribution in [0.2, 0.25) is 0 Å². The summed E-state index contributed by atoms with van der Waals surface area (Å²) in [6.45, 7) is 2.80. The molecule has 0 bridgehead atoms. The van der Waals surface area contributed by atoms with Gasteiger partial charge in [-0.05, 0) is 30.5 Å². The molecular formula is C20H24O5. The first-order valence-corrected chi connectivity index (χ1v) is 8.30. The van der Waals surface area contributed by atoms with E-state index in [4.69, 9.17) is 18.9 Å². The number of carbonyl (C=O) groups excluding carboxylic acids is 1. The van der Waals surface area contributed by atoms with Crippen LogP contribution in [0.25, 0.3) is 0 Å². The second-order valence-electron chi connectivity index (χ2n) is 5.40. The molecule has 0 fully saturated rings. The summed E-state index contributed by atoms with van der Waals surface area (Å²) in [5.74, 6) is 1.14. The van der Waals surface area contributed by atoms with Crippen molar-refractivity contribution in [2.75, 3.05) is 20.5 Å². The van der Waals surface area contributed by atoms with Crippen LogP contribution in [0.5, 0.6) is 11.5 Å². The van der Waals surface area contributed by atoms with Gasteiger partial charge in [-0.1, -0.05) is 36.4 Å². The SMILES string of the molecule is CCOC(=O)CCc1ccc(OCOC)cc1OCc1ccccc1. The average Bonchev–Trinajstić information content (AvgIpc) is 2.64. The van der Waals surface area contributed by atoms with Crippen molar-refractivity contribution in [2.24, 2.45) is 0 Å². The Morgan fingerprint density at radius 2 is 1.84 bits per heavy atom. The lowest BCUT2D eigenvalue weighted by molar-refractivity contribution is -0.143. The Morgan fingerprint density at radius 3 is 2.56 bits per heavy atom. The summed E-state index contributed by atoms with van der Waals surface area (Å²) in [4.78, 5) is 11.6. The highest BCUT2D eigenvalue weighted by Crippen LogP contribution is 2.27. The van der Waals surface area contributed by atoms with Crippen LogP contribution < -0.4 is 9.47 Å². The maximum absolute atomic E-state index is 11.6. The summed E-state index contributed by atoms with van der Waals surface area (Å²) in [5.41, 5.74) is 2.01. The van der Waals surface area contributed by atoms with Crippen molar-refractivity contribution in [2.45, 2.75) is 26.4 Å². The predicted molar refractivity (Wildman–Crippen MR) is 94.7 cm³/mol. The number of hydrogen-bond donors (Lipinski definition) is 0. The normalized spacial score (nSPS) is 10.3. The Kier molecular flexibility index (Phi) is 7.79. The maximum atomic E-state index is 11.6. The lowest BCUT2D eigenvalue weighted by atomic mass is 10.1. The first-order chi connectivity index (χ1) is 12.2. The van der Waals surface area contributed by atoms with E-state index in [1.54, 1.807) is 14.0 Å². The van der Waals surface area contributed by atoms with Gasteiger partial charge in [0.05, 0.1) is 6.61 Å². The minimum atomic E-state index is -0.212. The van der Waals surface area contributed by atoms with Crippen LogP contribution in [0.1, 0.15) is 24.5 Å². The quantitative estimate of drug-likeness (QED) is 0.485. The van der Waals surface area contributed by atoms with E-state index >= 15 is 0 Å². The lowest BCUT2D eigenvalue weighted by Gasteiger charge is -2.14. The fraction of sp³-hybridized carbons (Fsp3) is 0.350. The molecule has 0 N–H and O–H groups in total. The van der Waals surface area contributed by atoms with Crippen LogP contribution in [0.15, 0.2) is 48.5 Å². The van der Waals surface area contributed by atoms with Gasteiger partial charge in [0, 0.05) is 19.6 Å². The Morgan fingerprint density at radius 1 is 1.04 bits per heavy atom. The molecule has 0 aliphatic carbocycles. The molecule has 25 heavy (non-hydrogen) atoms. The Labute approximate surface area is 148 Å². The molecule has 0 aliphatic heterocycles. The third kappa shape index (κ3) is 6.47. The van der Waals surface area contributed by atoms with Gasteiger partial charge in [-0.15, -0.1) is 0 Å². The number of hydrogen-bond acceptors (Lipinski definition) is 5. The molecule has 5 nitrogen and oxygen atoms in total. The number of methoxy groups -OCH3 is 1. The molecule has 2 aromatic rings. The minimum Gasteiger partial charge on any atom is -0.488 e. The highest BCUT2D eigenvalue weighted by molar-refractivity contribution is 5.69. The van der Waals surface area contributed by atoms with Gasteiger partial charge in [0.15, 0.2) is 6.79 Å². The molecule has 0 spiro atoms. The summed E-state index contributed by atoms with van der Waals surface area (Å²) in [5, 5.41) is 0. The Hall–Kier alpha value is -2.53. The molecule has 0 unspecified atom stereocenters. The molecule has 5 heteroatoms. The zero-order chi connectivity index (χ0) is 17.9.